The minimum Gasteiger partial charge on any atom is -0.481 e. The Morgan fingerprint density at radius 2 is 2.00 bits per heavy atom. The lowest BCUT2D eigenvalue weighted by Crippen LogP contribution is -2.05. The first-order chi connectivity index (χ1) is 8.56. The highest BCUT2D eigenvalue weighted by atomic mass is 19.1. The number of hydrogen-bond donors (Lipinski definition) is 1. The maximum atomic E-state index is 13.3. The van der Waals surface area contributed by atoms with E-state index in [2.05, 4.69) is 4.98 Å². The number of carbonyl (C=O) groups is 1. The molecule has 0 saturated carbocycles. The SMILES string of the molecule is O=C(O)Cc1nc(-c2cccc(F)c2)ccc1F. The van der Waals surface area contributed by atoms with Gasteiger partial charge >= 0.3 is 5.97 Å². The molecule has 0 aliphatic rings. The molecule has 0 unspecified atom stereocenters. The smallest absolute Gasteiger partial charge is 0.309 e. The van der Waals surface area contributed by atoms with Gasteiger partial charge in [-0.3, -0.25) is 4.79 Å². The molecule has 0 aliphatic heterocycles. The lowest BCUT2D eigenvalue weighted by molar-refractivity contribution is -0.136. The fourth-order valence-corrected chi connectivity index (χ4v) is 1.56. The summed E-state index contributed by atoms with van der Waals surface area (Å²) >= 11 is 0. The van der Waals surface area contributed by atoms with Crippen molar-refractivity contribution in [1.82, 2.24) is 4.98 Å². The summed E-state index contributed by atoms with van der Waals surface area (Å²) in [6.45, 7) is 0. The summed E-state index contributed by atoms with van der Waals surface area (Å²) in [6.07, 6.45) is -0.505. The molecule has 0 bridgehead atoms. The number of aromatic nitrogens is 1. The number of carboxylic acids is 1. The van der Waals surface area contributed by atoms with E-state index in [0.29, 0.717) is 11.3 Å². The number of halogens is 2. The van der Waals surface area contributed by atoms with Crippen molar-refractivity contribution >= 4 is 5.97 Å². The normalized spacial score (nSPS) is 10.3. The van der Waals surface area contributed by atoms with Gasteiger partial charge in [0.2, 0.25) is 0 Å². The predicted octanol–water partition coefficient (Wildman–Crippen LogP) is 2.65. The highest BCUT2D eigenvalue weighted by molar-refractivity contribution is 5.70. The molecule has 18 heavy (non-hydrogen) atoms. The zero-order chi connectivity index (χ0) is 13.1. The van der Waals surface area contributed by atoms with Gasteiger partial charge in [0, 0.05) is 5.56 Å². The van der Waals surface area contributed by atoms with E-state index >= 15 is 0 Å². The molecule has 1 heterocycles. The topological polar surface area (TPSA) is 50.2 Å². The van der Waals surface area contributed by atoms with Crippen LogP contribution in [0.3, 0.4) is 0 Å². The Bertz CT molecular complexity index is 599. The fraction of sp³-hybridized carbons (Fsp3) is 0.0769. The van der Waals surface area contributed by atoms with Crippen molar-refractivity contribution in [2.75, 3.05) is 0 Å². The van der Waals surface area contributed by atoms with Crippen molar-refractivity contribution in [1.29, 1.82) is 0 Å². The number of nitrogens with zero attached hydrogens (tertiary/aromatic N) is 1. The molecule has 0 atom stereocenters. The van der Waals surface area contributed by atoms with Gasteiger partial charge in [0.1, 0.15) is 11.6 Å². The number of aliphatic carboxylic acids is 1. The monoisotopic (exact) mass is 249 g/mol. The molecule has 0 spiro atoms. The average Bonchev–Trinajstić information content (AvgIpc) is 2.31. The maximum absolute atomic E-state index is 13.3. The molecule has 2 aromatic rings. The molecule has 1 N–H and O–H groups in total. The lowest BCUT2D eigenvalue weighted by Gasteiger charge is -2.04. The molecular formula is C13H9F2NO2. The third-order valence-electron chi connectivity index (χ3n) is 2.36. The predicted molar refractivity (Wildman–Crippen MR) is 60.9 cm³/mol. The Labute approximate surface area is 102 Å². The summed E-state index contributed by atoms with van der Waals surface area (Å²) in [4.78, 5) is 14.5. The van der Waals surface area contributed by atoms with E-state index in [1.54, 1.807) is 6.07 Å². The van der Waals surface area contributed by atoms with Gasteiger partial charge in [-0.1, -0.05) is 12.1 Å². The molecule has 1 aromatic carbocycles. The van der Waals surface area contributed by atoms with Crippen LogP contribution >= 0.6 is 0 Å². The Morgan fingerprint density at radius 1 is 1.22 bits per heavy atom. The van der Waals surface area contributed by atoms with Crippen LogP contribution in [0.15, 0.2) is 36.4 Å². The second-order valence-electron chi connectivity index (χ2n) is 3.71. The van der Waals surface area contributed by atoms with Crippen LogP contribution in [0.4, 0.5) is 8.78 Å². The van der Waals surface area contributed by atoms with Crippen LogP contribution in [0.25, 0.3) is 11.3 Å². The lowest BCUT2D eigenvalue weighted by atomic mass is 10.1. The van der Waals surface area contributed by atoms with Crippen LogP contribution in [0.1, 0.15) is 5.69 Å². The maximum Gasteiger partial charge on any atom is 0.309 e. The Balaban J connectivity index is 2.43. The quantitative estimate of drug-likeness (QED) is 0.909. The zero-order valence-electron chi connectivity index (χ0n) is 9.23. The van der Waals surface area contributed by atoms with Gasteiger partial charge in [0.05, 0.1) is 17.8 Å². The van der Waals surface area contributed by atoms with Crippen LogP contribution < -0.4 is 0 Å². The van der Waals surface area contributed by atoms with Gasteiger partial charge in [-0.15, -0.1) is 0 Å². The van der Waals surface area contributed by atoms with E-state index < -0.39 is 24.0 Å². The highest BCUT2D eigenvalue weighted by Gasteiger charge is 2.10. The largest absolute Gasteiger partial charge is 0.481 e. The van der Waals surface area contributed by atoms with Crippen LogP contribution in [-0.2, 0) is 11.2 Å². The number of pyridine rings is 1. The Kier molecular flexibility index (Phi) is 3.32. The summed E-state index contributed by atoms with van der Waals surface area (Å²) in [7, 11) is 0. The summed E-state index contributed by atoms with van der Waals surface area (Å²) in [6, 6.07) is 8.18. The van der Waals surface area contributed by atoms with Crippen molar-refractivity contribution in [3.8, 4) is 11.3 Å². The van der Waals surface area contributed by atoms with Gasteiger partial charge in [0.15, 0.2) is 0 Å². The molecular weight excluding hydrogens is 240 g/mol. The molecule has 92 valence electrons. The number of carboxylic acid groups (broad SMARTS) is 1. The molecule has 0 radical (unpaired) electrons. The van der Waals surface area contributed by atoms with Gasteiger partial charge in [-0.2, -0.15) is 0 Å². The average molecular weight is 249 g/mol. The first-order valence-electron chi connectivity index (χ1n) is 5.19. The Morgan fingerprint density at radius 3 is 2.67 bits per heavy atom. The van der Waals surface area contributed by atoms with Gasteiger partial charge in [-0.05, 0) is 24.3 Å². The molecule has 5 heteroatoms. The van der Waals surface area contributed by atoms with E-state index in [-0.39, 0.29) is 5.69 Å². The Hall–Kier alpha value is -2.30. The first-order valence-corrected chi connectivity index (χ1v) is 5.19. The molecule has 2 rings (SSSR count). The van der Waals surface area contributed by atoms with E-state index in [1.807, 2.05) is 0 Å². The highest BCUT2D eigenvalue weighted by Crippen LogP contribution is 2.19. The van der Waals surface area contributed by atoms with Gasteiger partial charge in [0.25, 0.3) is 0 Å². The number of benzene rings is 1. The molecule has 0 amide bonds. The van der Waals surface area contributed by atoms with Crippen molar-refractivity contribution in [3.05, 3.63) is 53.7 Å². The third-order valence-corrected chi connectivity index (χ3v) is 2.36. The second kappa shape index (κ2) is 4.91. The van der Waals surface area contributed by atoms with E-state index in [0.717, 1.165) is 6.07 Å². The molecule has 0 fully saturated rings. The van der Waals surface area contributed by atoms with E-state index in [9.17, 15) is 13.6 Å². The summed E-state index contributed by atoms with van der Waals surface area (Å²) in [5.41, 5.74) is 0.651. The van der Waals surface area contributed by atoms with Crippen molar-refractivity contribution < 1.29 is 18.7 Å². The molecule has 0 aliphatic carbocycles. The standard InChI is InChI=1S/C13H9F2NO2/c14-9-3-1-2-8(6-9)11-5-4-10(15)12(16-11)7-13(17)18/h1-6H,7H2,(H,17,18). The molecule has 0 saturated heterocycles. The summed E-state index contributed by atoms with van der Waals surface area (Å²) in [5.74, 6) is -2.28. The van der Waals surface area contributed by atoms with Crippen molar-refractivity contribution in [3.63, 3.8) is 0 Å². The molecule has 1 aromatic heterocycles. The van der Waals surface area contributed by atoms with Crippen LogP contribution in [0, 0.1) is 11.6 Å². The van der Waals surface area contributed by atoms with Crippen LogP contribution in [0.5, 0.6) is 0 Å². The third kappa shape index (κ3) is 2.68. The number of hydrogen-bond acceptors (Lipinski definition) is 2. The minimum atomic E-state index is -1.17. The summed E-state index contributed by atoms with van der Waals surface area (Å²) < 4.78 is 26.4. The van der Waals surface area contributed by atoms with Crippen LogP contribution in [-0.4, -0.2) is 16.1 Å². The second-order valence-corrected chi connectivity index (χ2v) is 3.71. The van der Waals surface area contributed by atoms with E-state index in [4.69, 9.17) is 5.11 Å². The van der Waals surface area contributed by atoms with Gasteiger partial charge < -0.3 is 5.11 Å². The number of rotatable bonds is 3. The van der Waals surface area contributed by atoms with Crippen LogP contribution in [0.2, 0.25) is 0 Å². The minimum absolute atomic E-state index is 0.163. The first kappa shape index (κ1) is 12.2. The fourth-order valence-electron chi connectivity index (χ4n) is 1.56. The zero-order valence-corrected chi connectivity index (χ0v) is 9.23. The van der Waals surface area contributed by atoms with Crippen molar-refractivity contribution in [2.45, 2.75) is 6.42 Å². The van der Waals surface area contributed by atoms with E-state index in [1.165, 1.54) is 24.3 Å². The molecule has 3 nitrogen and oxygen atoms in total. The summed E-state index contributed by atoms with van der Waals surface area (Å²) in [5, 5.41) is 8.63. The van der Waals surface area contributed by atoms with Gasteiger partial charge in [-0.25, -0.2) is 13.8 Å². The van der Waals surface area contributed by atoms with Crippen molar-refractivity contribution in [2.24, 2.45) is 0 Å².